The lowest BCUT2D eigenvalue weighted by Crippen LogP contribution is -2.29. The van der Waals surface area contributed by atoms with Crippen LogP contribution in [0.25, 0.3) is 0 Å². The highest BCUT2D eigenvalue weighted by Gasteiger charge is 2.05. The Morgan fingerprint density at radius 3 is 2.68 bits per heavy atom. The molecule has 0 saturated carbocycles. The zero-order valence-electron chi connectivity index (χ0n) is 13.6. The first kappa shape index (κ1) is 18.0. The van der Waals surface area contributed by atoms with Gasteiger partial charge in [0.2, 0.25) is 0 Å². The van der Waals surface area contributed by atoms with Crippen molar-refractivity contribution in [3.63, 3.8) is 0 Å². The molecule has 1 aromatic rings. The van der Waals surface area contributed by atoms with Crippen LogP contribution in [-0.4, -0.2) is 19.1 Å². The molecule has 1 amide bonds. The van der Waals surface area contributed by atoms with Gasteiger partial charge in [-0.25, -0.2) is 0 Å². The molecule has 120 valence electrons. The van der Waals surface area contributed by atoms with E-state index in [-0.39, 0.29) is 12.5 Å². The number of nitriles is 1. The van der Waals surface area contributed by atoms with Gasteiger partial charge in [-0.05, 0) is 24.5 Å². The van der Waals surface area contributed by atoms with E-state index in [0.29, 0.717) is 17.9 Å². The Morgan fingerprint density at radius 1 is 1.23 bits per heavy atom. The zero-order valence-corrected chi connectivity index (χ0v) is 13.6. The molecule has 4 heteroatoms. The van der Waals surface area contributed by atoms with Gasteiger partial charge >= 0.3 is 0 Å². The van der Waals surface area contributed by atoms with Gasteiger partial charge in [0.05, 0.1) is 5.56 Å². The van der Waals surface area contributed by atoms with Gasteiger partial charge in [0.25, 0.3) is 5.91 Å². The monoisotopic (exact) mass is 302 g/mol. The van der Waals surface area contributed by atoms with E-state index in [0.717, 1.165) is 18.8 Å². The second-order valence-electron chi connectivity index (χ2n) is 5.84. The fourth-order valence-electron chi connectivity index (χ4n) is 2.14. The van der Waals surface area contributed by atoms with E-state index >= 15 is 0 Å². The standard InChI is InChI=1S/C18H26N2O2/c1-15(2)9-5-3-4-8-12-20-18(21)14-22-17-11-7-6-10-16(17)13-19/h6-7,10-11,15H,3-5,8-9,12,14H2,1-2H3,(H,20,21). The van der Waals surface area contributed by atoms with Crippen molar-refractivity contribution in [2.45, 2.75) is 46.0 Å². The molecule has 0 bridgehead atoms. The Morgan fingerprint density at radius 2 is 1.95 bits per heavy atom. The van der Waals surface area contributed by atoms with Crippen LogP contribution in [0.15, 0.2) is 24.3 Å². The molecule has 0 saturated heterocycles. The second-order valence-corrected chi connectivity index (χ2v) is 5.84. The SMILES string of the molecule is CC(C)CCCCCCNC(=O)COc1ccccc1C#N. The summed E-state index contributed by atoms with van der Waals surface area (Å²) in [5.41, 5.74) is 0.445. The Labute approximate surface area is 133 Å². The normalized spacial score (nSPS) is 10.3. The third-order valence-electron chi connectivity index (χ3n) is 3.40. The van der Waals surface area contributed by atoms with E-state index in [9.17, 15) is 4.79 Å². The van der Waals surface area contributed by atoms with Crippen molar-refractivity contribution >= 4 is 5.91 Å². The molecule has 1 aromatic carbocycles. The number of nitrogens with zero attached hydrogens (tertiary/aromatic N) is 1. The van der Waals surface area contributed by atoms with Crippen molar-refractivity contribution in [2.24, 2.45) is 5.92 Å². The summed E-state index contributed by atoms with van der Waals surface area (Å²) in [4.78, 5) is 11.7. The van der Waals surface area contributed by atoms with Gasteiger partial charge in [0.1, 0.15) is 11.8 Å². The van der Waals surface area contributed by atoms with E-state index in [1.54, 1.807) is 24.3 Å². The summed E-state index contributed by atoms with van der Waals surface area (Å²) >= 11 is 0. The molecule has 0 aliphatic carbocycles. The zero-order chi connectivity index (χ0) is 16.2. The van der Waals surface area contributed by atoms with Gasteiger partial charge in [-0.3, -0.25) is 4.79 Å². The van der Waals surface area contributed by atoms with Crippen molar-refractivity contribution in [3.8, 4) is 11.8 Å². The molecule has 0 radical (unpaired) electrons. The molecular weight excluding hydrogens is 276 g/mol. The quantitative estimate of drug-likeness (QED) is 0.671. The number of hydrogen-bond acceptors (Lipinski definition) is 3. The highest BCUT2D eigenvalue weighted by Crippen LogP contribution is 2.16. The minimum absolute atomic E-state index is 0.0496. The highest BCUT2D eigenvalue weighted by molar-refractivity contribution is 5.77. The first-order valence-electron chi connectivity index (χ1n) is 8.02. The molecule has 22 heavy (non-hydrogen) atoms. The fraction of sp³-hybridized carbons (Fsp3) is 0.556. The van der Waals surface area contributed by atoms with E-state index in [1.807, 2.05) is 6.07 Å². The van der Waals surface area contributed by atoms with Crippen LogP contribution in [0.2, 0.25) is 0 Å². The largest absolute Gasteiger partial charge is 0.482 e. The molecule has 0 spiro atoms. The molecule has 1 rings (SSSR count). The molecular formula is C18H26N2O2. The number of unbranched alkanes of at least 4 members (excludes halogenated alkanes) is 3. The molecule has 0 heterocycles. The van der Waals surface area contributed by atoms with Crippen molar-refractivity contribution in [1.82, 2.24) is 5.32 Å². The van der Waals surface area contributed by atoms with E-state index < -0.39 is 0 Å². The van der Waals surface area contributed by atoms with Crippen LogP contribution in [0.3, 0.4) is 0 Å². The molecule has 0 aliphatic heterocycles. The molecule has 0 aromatic heterocycles. The number of carbonyl (C=O) groups excluding carboxylic acids is 1. The summed E-state index contributed by atoms with van der Waals surface area (Å²) in [6.45, 7) is 5.12. The molecule has 0 aliphatic rings. The minimum atomic E-state index is -0.144. The van der Waals surface area contributed by atoms with Crippen LogP contribution in [-0.2, 0) is 4.79 Å². The van der Waals surface area contributed by atoms with E-state index in [4.69, 9.17) is 10.00 Å². The lowest BCUT2D eigenvalue weighted by Gasteiger charge is -2.08. The Bertz CT molecular complexity index is 492. The van der Waals surface area contributed by atoms with Crippen LogP contribution >= 0.6 is 0 Å². The average molecular weight is 302 g/mol. The number of benzene rings is 1. The predicted octanol–water partition coefficient (Wildman–Crippen LogP) is 3.66. The van der Waals surface area contributed by atoms with Gasteiger partial charge < -0.3 is 10.1 Å². The highest BCUT2D eigenvalue weighted by atomic mass is 16.5. The maximum Gasteiger partial charge on any atom is 0.257 e. The summed E-state index contributed by atoms with van der Waals surface area (Å²) in [6.07, 6.45) is 5.90. The number of para-hydroxylation sites is 1. The summed E-state index contributed by atoms with van der Waals surface area (Å²) < 4.78 is 5.38. The van der Waals surface area contributed by atoms with Gasteiger partial charge in [-0.1, -0.05) is 51.7 Å². The van der Waals surface area contributed by atoms with Gasteiger partial charge in [-0.15, -0.1) is 0 Å². The van der Waals surface area contributed by atoms with Crippen molar-refractivity contribution in [1.29, 1.82) is 5.26 Å². The summed E-state index contributed by atoms with van der Waals surface area (Å²) in [7, 11) is 0. The fourth-order valence-corrected chi connectivity index (χ4v) is 2.14. The number of ether oxygens (including phenoxy) is 1. The van der Waals surface area contributed by atoms with Crippen LogP contribution in [0.5, 0.6) is 5.75 Å². The van der Waals surface area contributed by atoms with Gasteiger partial charge in [0, 0.05) is 6.54 Å². The number of hydrogen-bond donors (Lipinski definition) is 1. The maximum absolute atomic E-state index is 11.7. The van der Waals surface area contributed by atoms with Crippen LogP contribution in [0, 0.1) is 17.2 Å². The number of amides is 1. The lowest BCUT2D eigenvalue weighted by atomic mass is 10.0. The van der Waals surface area contributed by atoms with Gasteiger partial charge in [0.15, 0.2) is 6.61 Å². The minimum Gasteiger partial charge on any atom is -0.482 e. The third kappa shape index (κ3) is 7.68. The number of carbonyl (C=O) groups is 1. The van der Waals surface area contributed by atoms with Crippen LogP contribution in [0.4, 0.5) is 0 Å². The number of rotatable bonds is 10. The topological polar surface area (TPSA) is 62.1 Å². The van der Waals surface area contributed by atoms with Crippen molar-refractivity contribution in [2.75, 3.05) is 13.2 Å². The van der Waals surface area contributed by atoms with Crippen LogP contribution in [0.1, 0.15) is 51.5 Å². The lowest BCUT2D eigenvalue weighted by molar-refractivity contribution is -0.123. The van der Waals surface area contributed by atoms with Gasteiger partial charge in [-0.2, -0.15) is 5.26 Å². The molecule has 0 unspecified atom stereocenters. The smallest absolute Gasteiger partial charge is 0.257 e. The van der Waals surface area contributed by atoms with Crippen LogP contribution < -0.4 is 10.1 Å². The Kier molecular flexibility index (Phi) is 8.74. The van der Waals surface area contributed by atoms with E-state index in [2.05, 4.69) is 19.2 Å². The average Bonchev–Trinajstić information content (AvgIpc) is 2.52. The Hall–Kier alpha value is -2.02. The predicted molar refractivity (Wildman–Crippen MR) is 87.6 cm³/mol. The molecule has 4 nitrogen and oxygen atoms in total. The number of nitrogens with one attached hydrogen (secondary N) is 1. The third-order valence-corrected chi connectivity index (χ3v) is 3.40. The molecule has 0 atom stereocenters. The molecule has 0 fully saturated rings. The summed E-state index contributed by atoms with van der Waals surface area (Å²) in [5.74, 6) is 1.08. The maximum atomic E-state index is 11.7. The first-order chi connectivity index (χ1) is 10.6. The second kappa shape index (κ2) is 10.7. The first-order valence-corrected chi connectivity index (χ1v) is 8.02. The van der Waals surface area contributed by atoms with E-state index in [1.165, 1.54) is 19.3 Å². The summed E-state index contributed by atoms with van der Waals surface area (Å²) in [6, 6.07) is 8.96. The summed E-state index contributed by atoms with van der Waals surface area (Å²) in [5, 5.41) is 11.8. The molecule has 1 N–H and O–H groups in total. The Balaban J connectivity index is 2.10. The van der Waals surface area contributed by atoms with Crippen molar-refractivity contribution < 1.29 is 9.53 Å². The van der Waals surface area contributed by atoms with Crippen molar-refractivity contribution in [3.05, 3.63) is 29.8 Å².